The highest BCUT2D eigenvalue weighted by molar-refractivity contribution is 7.89. The molecule has 0 bridgehead atoms. The van der Waals surface area contributed by atoms with E-state index in [1.807, 2.05) is 51.1 Å². The third-order valence-corrected chi connectivity index (χ3v) is 8.82. The molecule has 9 heteroatoms. The van der Waals surface area contributed by atoms with Gasteiger partial charge in [-0.15, -0.1) is 10.2 Å². The van der Waals surface area contributed by atoms with Crippen LogP contribution in [-0.4, -0.2) is 41.9 Å². The molecule has 4 rings (SSSR count). The minimum atomic E-state index is -3.59. The molecule has 0 aliphatic carbocycles. The van der Waals surface area contributed by atoms with Gasteiger partial charge in [-0.2, -0.15) is 4.31 Å². The zero-order valence-corrected chi connectivity index (χ0v) is 20.0. The van der Waals surface area contributed by atoms with Crippen molar-refractivity contribution in [3.63, 3.8) is 0 Å². The van der Waals surface area contributed by atoms with Crippen molar-refractivity contribution in [2.75, 3.05) is 18.4 Å². The van der Waals surface area contributed by atoms with Gasteiger partial charge in [0, 0.05) is 24.7 Å². The zero-order chi connectivity index (χ0) is 22.9. The number of hydrogen-bond donors (Lipinski definition) is 1. The van der Waals surface area contributed by atoms with Crippen LogP contribution in [0, 0.1) is 20.8 Å². The van der Waals surface area contributed by atoms with Crippen LogP contribution in [0.5, 0.6) is 0 Å². The first-order chi connectivity index (χ1) is 15.3. The first-order valence-corrected chi connectivity index (χ1v) is 12.8. The van der Waals surface area contributed by atoms with Gasteiger partial charge in [0.25, 0.3) is 5.91 Å². The Morgan fingerprint density at radius 3 is 2.59 bits per heavy atom. The third-order valence-electron chi connectivity index (χ3n) is 5.88. The number of anilines is 1. The summed E-state index contributed by atoms with van der Waals surface area (Å²) in [5.74, 6) is -0.388. The lowest BCUT2D eigenvalue weighted by molar-refractivity contribution is 0.102. The van der Waals surface area contributed by atoms with Crippen molar-refractivity contribution in [2.24, 2.45) is 0 Å². The number of rotatable bonds is 5. The molecule has 7 nitrogen and oxygen atoms in total. The number of para-hydroxylation sites is 1. The number of piperidine rings is 1. The lowest BCUT2D eigenvalue weighted by atomic mass is 10.0. The normalized spacial score (nSPS) is 17.3. The first kappa shape index (κ1) is 22.6. The summed E-state index contributed by atoms with van der Waals surface area (Å²) in [4.78, 5) is 12.9. The molecule has 1 amide bonds. The maximum atomic E-state index is 13.2. The monoisotopic (exact) mass is 470 g/mol. The van der Waals surface area contributed by atoms with E-state index in [1.165, 1.54) is 15.6 Å². The van der Waals surface area contributed by atoms with Crippen molar-refractivity contribution in [1.82, 2.24) is 14.5 Å². The molecule has 3 aromatic rings. The summed E-state index contributed by atoms with van der Waals surface area (Å²) in [5, 5.41) is 12.1. The van der Waals surface area contributed by atoms with Gasteiger partial charge in [-0.1, -0.05) is 35.6 Å². The van der Waals surface area contributed by atoms with Crippen molar-refractivity contribution in [2.45, 2.75) is 44.4 Å². The Hall–Kier alpha value is -2.62. The minimum absolute atomic E-state index is 0.0809. The summed E-state index contributed by atoms with van der Waals surface area (Å²) in [5.41, 5.74) is 3.71. The Kier molecular flexibility index (Phi) is 6.41. The Labute approximate surface area is 192 Å². The van der Waals surface area contributed by atoms with Crippen LogP contribution in [0.1, 0.15) is 50.3 Å². The van der Waals surface area contributed by atoms with Crippen molar-refractivity contribution in [3.05, 3.63) is 69.2 Å². The summed E-state index contributed by atoms with van der Waals surface area (Å²) >= 11 is 1.23. The molecule has 1 aliphatic heterocycles. The van der Waals surface area contributed by atoms with E-state index in [4.69, 9.17) is 0 Å². The number of aromatic nitrogens is 2. The van der Waals surface area contributed by atoms with Crippen LogP contribution in [0.15, 0.2) is 47.4 Å². The van der Waals surface area contributed by atoms with Gasteiger partial charge in [0.2, 0.25) is 15.0 Å². The number of nitrogens with one attached hydrogen (secondary N) is 1. The molecule has 168 valence electrons. The van der Waals surface area contributed by atoms with E-state index in [9.17, 15) is 13.2 Å². The molecular formula is C23H26N4O3S2. The van der Waals surface area contributed by atoms with Crippen LogP contribution in [0.4, 0.5) is 5.69 Å². The molecule has 32 heavy (non-hydrogen) atoms. The highest BCUT2D eigenvalue weighted by Crippen LogP contribution is 2.32. The Morgan fingerprint density at radius 1 is 1.06 bits per heavy atom. The van der Waals surface area contributed by atoms with Gasteiger partial charge in [0.1, 0.15) is 5.01 Å². The van der Waals surface area contributed by atoms with Crippen molar-refractivity contribution in [1.29, 1.82) is 0 Å². The van der Waals surface area contributed by atoms with E-state index < -0.39 is 10.0 Å². The molecule has 1 atom stereocenters. The standard InChI is InChI=1S/C23H26N4O3S2/c1-15-10-11-19(13-17(15)3)32(29,30)27-12-6-8-18(14-27)22-25-26-23(31-22)21(28)24-20-9-5-4-7-16(20)2/h4-5,7,9-11,13,18H,6,8,12,14H2,1-3H3,(H,24,28)/t18-/m0/s1. The number of aryl methyl sites for hydroxylation is 3. The van der Waals surface area contributed by atoms with E-state index in [2.05, 4.69) is 15.5 Å². The Morgan fingerprint density at radius 2 is 1.84 bits per heavy atom. The van der Waals surface area contributed by atoms with Crippen LogP contribution >= 0.6 is 11.3 Å². The van der Waals surface area contributed by atoms with Crippen molar-refractivity contribution in [3.8, 4) is 0 Å². The quantitative estimate of drug-likeness (QED) is 0.601. The molecule has 1 N–H and O–H groups in total. The second-order valence-electron chi connectivity index (χ2n) is 8.16. The van der Waals surface area contributed by atoms with Crippen molar-refractivity contribution < 1.29 is 13.2 Å². The molecule has 1 aliphatic rings. The van der Waals surface area contributed by atoms with Gasteiger partial charge in [-0.25, -0.2) is 8.42 Å². The number of carbonyl (C=O) groups excluding carboxylic acids is 1. The number of amides is 1. The highest BCUT2D eigenvalue weighted by Gasteiger charge is 2.33. The summed E-state index contributed by atoms with van der Waals surface area (Å²) in [7, 11) is -3.59. The van der Waals surface area contributed by atoms with Gasteiger partial charge >= 0.3 is 0 Å². The second-order valence-corrected chi connectivity index (χ2v) is 11.1. The maximum Gasteiger partial charge on any atom is 0.286 e. The minimum Gasteiger partial charge on any atom is -0.320 e. The summed E-state index contributed by atoms with van der Waals surface area (Å²) in [6.07, 6.45) is 1.55. The van der Waals surface area contributed by atoms with Gasteiger partial charge in [0.05, 0.1) is 4.90 Å². The van der Waals surface area contributed by atoms with Crippen molar-refractivity contribution >= 4 is 33.0 Å². The van der Waals surface area contributed by atoms with Crippen LogP contribution in [0.25, 0.3) is 0 Å². The average molecular weight is 471 g/mol. The predicted molar refractivity (Wildman–Crippen MR) is 126 cm³/mol. The molecular weight excluding hydrogens is 444 g/mol. The van der Waals surface area contributed by atoms with E-state index in [0.717, 1.165) is 35.2 Å². The molecule has 1 fully saturated rings. The molecule has 2 aromatic carbocycles. The smallest absolute Gasteiger partial charge is 0.286 e. The van der Waals surface area contributed by atoms with E-state index in [-0.39, 0.29) is 16.8 Å². The molecule has 0 radical (unpaired) electrons. The van der Waals surface area contributed by atoms with Crippen LogP contribution in [0.2, 0.25) is 0 Å². The number of benzene rings is 2. The fourth-order valence-corrected chi connectivity index (χ4v) is 6.24. The van der Waals surface area contributed by atoms with E-state index in [0.29, 0.717) is 23.0 Å². The summed E-state index contributed by atoms with van der Waals surface area (Å²) in [6.45, 7) is 6.62. The molecule has 2 heterocycles. The Balaban J connectivity index is 1.49. The summed E-state index contributed by atoms with van der Waals surface area (Å²) in [6, 6.07) is 12.8. The number of sulfonamides is 1. The largest absolute Gasteiger partial charge is 0.320 e. The first-order valence-electron chi connectivity index (χ1n) is 10.5. The number of nitrogens with zero attached hydrogens (tertiary/aromatic N) is 3. The topological polar surface area (TPSA) is 92.3 Å². The molecule has 0 spiro atoms. The predicted octanol–water partition coefficient (Wildman–Crippen LogP) is 4.28. The van der Waals surface area contributed by atoms with E-state index >= 15 is 0 Å². The van der Waals surface area contributed by atoms with Gasteiger partial charge in [-0.3, -0.25) is 4.79 Å². The second kappa shape index (κ2) is 9.09. The average Bonchev–Trinajstić information content (AvgIpc) is 3.28. The molecule has 0 unspecified atom stereocenters. The van der Waals surface area contributed by atoms with Crippen LogP contribution < -0.4 is 5.32 Å². The SMILES string of the molecule is Cc1ccc(S(=O)(=O)N2CCC[C@H](c3nnc(C(=O)Nc4ccccc4C)s3)C2)cc1C. The lowest BCUT2D eigenvalue weighted by Crippen LogP contribution is -2.39. The maximum absolute atomic E-state index is 13.2. The van der Waals surface area contributed by atoms with E-state index in [1.54, 1.807) is 12.1 Å². The van der Waals surface area contributed by atoms with Crippen LogP contribution in [-0.2, 0) is 10.0 Å². The summed E-state index contributed by atoms with van der Waals surface area (Å²) < 4.78 is 27.9. The fourth-order valence-electron chi connectivity index (χ4n) is 3.77. The van der Waals surface area contributed by atoms with Crippen LogP contribution in [0.3, 0.4) is 0 Å². The van der Waals surface area contributed by atoms with Gasteiger partial charge in [0.15, 0.2) is 0 Å². The van der Waals surface area contributed by atoms with Gasteiger partial charge < -0.3 is 5.32 Å². The fraction of sp³-hybridized carbons (Fsp3) is 0.348. The Bertz CT molecular complexity index is 1250. The highest BCUT2D eigenvalue weighted by atomic mass is 32.2. The third kappa shape index (κ3) is 4.60. The number of carbonyl (C=O) groups is 1. The number of hydrogen-bond acceptors (Lipinski definition) is 6. The zero-order valence-electron chi connectivity index (χ0n) is 18.3. The lowest BCUT2D eigenvalue weighted by Gasteiger charge is -2.30. The molecule has 1 saturated heterocycles. The molecule has 1 aromatic heterocycles. The van der Waals surface area contributed by atoms with Gasteiger partial charge in [-0.05, 0) is 68.5 Å². The molecule has 0 saturated carbocycles.